The Hall–Kier alpha value is -3.34. The van der Waals surface area contributed by atoms with Gasteiger partial charge in [0.05, 0.1) is 11.0 Å². The Morgan fingerprint density at radius 1 is 1.00 bits per heavy atom. The summed E-state index contributed by atoms with van der Waals surface area (Å²) in [6.45, 7) is 4.42. The molecule has 5 rings (SSSR count). The normalized spacial score (nSPS) is 13.9. The number of pyridine rings is 3. The molecule has 0 aliphatic heterocycles. The molecule has 0 unspecified atom stereocenters. The average molecular weight is 381 g/mol. The summed E-state index contributed by atoms with van der Waals surface area (Å²) in [6.07, 6.45) is 11.9. The second kappa shape index (κ2) is 7.24. The lowest BCUT2D eigenvalue weighted by Gasteiger charge is -2.08. The quantitative estimate of drug-likeness (QED) is 0.512. The molecule has 4 aromatic rings. The summed E-state index contributed by atoms with van der Waals surface area (Å²) in [7, 11) is 0. The average Bonchev–Trinajstić information content (AvgIpc) is 3.10. The van der Waals surface area contributed by atoms with Crippen LogP contribution in [-0.4, -0.2) is 24.6 Å². The highest BCUT2D eigenvalue weighted by atomic mass is 15.3. The van der Waals surface area contributed by atoms with E-state index in [2.05, 4.69) is 37.0 Å². The van der Waals surface area contributed by atoms with Gasteiger partial charge in [0, 0.05) is 30.1 Å². The predicted octanol–water partition coefficient (Wildman–Crippen LogP) is 4.75. The smallest absolute Gasteiger partial charge is 0.163 e. The van der Waals surface area contributed by atoms with Crippen molar-refractivity contribution < 1.29 is 0 Å². The molecular weight excluding hydrogens is 358 g/mol. The first-order valence-corrected chi connectivity index (χ1v) is 10.2. The number of fused-ring (bicyclic) bond motifs is 4. The molecular formula is C24H23N5. The van der Waals surface area contributed by atoms with E-state index in [0.29, 0.717) is 0 Å². The van der Waals surface area contributed by atoms with E-state index in [9.17, 15) is 0 Å². The van der Waals surface area contributed by atoms with E-state index in [-0.39, 0.29) is 0 Å². The van der Waals surface area contributed by atoms with E-state index in [0.717, 1.165) is 53.9 Å². The van der Waals surface area contributed by atoms with Crippen molar-refractivity contribution in [1.82, 2.24) is 24.6 Å². The van der Waals surface area contributed by atoms with Crippen LogP contribution in [0.15, 0.2) is 59.9 Å². The standard InChI is InChI=1S/C24H23N5/c1-3-17-15-18-12-14-29-24(20(18)9-6-16(17)2)27-23(28-29)11-8-19-7-10-21-22(26-19)5-4-13-25-21/h4-7,9-10,12-14H,3,8,11,15H2,1-2H3. The Bertz CT molecular complexity index is 1280. The lowest BCUT2D eigenvalue weighted by molar-refractivity contribution is 0.822. The van der Waals surface area contributed by atoms with Gasteiger partial charge >= 0.3 is 0 Å². The van der Waals surface area contributed by atoms with Gasteiger partial charge in [0.2, 0.25) is 0 Å². The zero-order valence-electron chi connectivity index (χ0n) is 16.8. The van der Waals surface area contributed by atoms with Crippen LogP contribution in [-0.2, 0) is 19.3 Å². The maximum atomic E-state index is 4.86. The molecule has 1 aliphatic carbocycles. The number of hydrogen-bond acceptors (Lipinski definition) is 4. The van der Waals surface area contributed by atoms with Crippen LogP contribution in [0.25, 0.3) is 22.8 Å². The molecule has 29 heavy (non-hydrogen) atoms. The Labute approximate surface area is 169 Å². The van der Waals surface area contributed by atoms with Gasteiger partial charge in [-0.05, 0) is 62.1 Å². The highest BCUT2D eigenvalue weighted by Crippen LogP contribution is 2.27. The number of allylic oxidation sites excluding steroid dienone is 3. The van der Waals surface area contributed by atoms with Gasteiger partial charge in [-0.3, -0.25) is 9.97 Å². The molecule has 5 nitrogen and oxygen atoms in total. The third-order valence-corrected chi connectivity index (χ3v) is 5.69. The SMILES string of the molecule is CCC1=C(C)C=Cc2c(ccn3nc(CCc4ccc5ncccc5n4)nc23)C1. The lowest BCUT2D eigenvalue weighted by atomic mass is 9.99. The molecule has 4 aromatic heterocycles. The van der Waals surface area contributed by atoms with Gasteiger partial charge in [-0.2, -0.15) is 5.10 Å². The summed E-state index contributed by atoms with van der Waals surface area (Å²) in [5, 5.41) is 4.70. The topological polar surface area (TPSA) is 56.0 Å². The van der Waals surface area contributed by atoms with Gasteiger partial charge in [0.1, 0.15) is 0 Å². The summed E-state index contributed by atoms with van der Waals surface area (Å²) < 4.78 is 1.91. The van der Waals surface area contributed by atoms with E-state index < -0.39 is 0 Å². The number of hydrogen-bond donors (Lipinski definition) is 0. The molecule has 0 saturated carbocycles. The fraction of sp³-hybridized carbons (Fsp3) is 0.250. The van der Waals surface area contributed by atoms with Crippen molar-refractivity contribution in [2.45, 2.75) is 39.5 Å². The van der Waals surface area contributed by atoms with Crippen LogP contribution in [0.1, 0.15) is 42.9 Å². The van der Waals surface area contributed by atoms with E-state index in [1.54, 1.807) is 6.20 Å². The van der Waals surface area contributed by atoms with Crippen LogP contribution in [0.5, 0.6) is 0 Å². The number of aryl methyl sites for hydroxylation is 2. The summed E-state index contributed by atoms with van der Waals surface area (Å²) in [5.41, 5.74) is 9.18. The molecule has 0 aromatic carbocycles. The van der Waals surface area contributed by atoms with Crippen LogP contribution in [0.4, 0.5) is 0 Å². The third kappa shape index (κ3) is 3.33. The molecule has 0 amide bonds. The van der Waals surface area contributed by atoms with Gasteiger partial charge in [-0.15, -0.1) is 0 Å². The Kier molecular flexibility index (Phi) is 4.43. The number of nitrogens with zero attached hydrogens (tertiary/aromatic N) is 5. The number of aromatic nitrogens is 5. The van der Waals surface area contributed by atoms with E-state index in [1.165, 1.54) is 22.3 Å². The van der Waals surface area contributed by atoms with Crippen LogP contribution in [0.3, 0.4) is 0 Å². The minimum absolute atomic E-state index is 0.760. The van der Waals surface area contributed by atoms with Crippen LogP contribution < -0.4 is 0 Å². The van der Waals surface area contributed by atoms with Crippen molar-refractivity contribution >= 4 is 22.8 Å². The maximum Gasteiger partial charge on any atom is 0.163 e. The second-order valence-electron chi connectivity index (χ2n) is 7.55. The van der Waals surface area contributed by atoms with Gasteiger partial charge in [0.25, 0.3) is 0 Å². The van der Waals surface area contributed by atoms with Crippen molar-refractivity contribution in [2.75, 3.05) is 0 Å². The Balaban J connectivity index is 1.42. The molecule has 0 radical (unpaired) electrons. The highest BCUT2D eigenvalue weighted by Gasteiger charge is 2.15. The molecule has 1 aliphatic rings. The zero-order valence-corrected chi connectivity index (χ0v) is 16.8. The lowest BCUT2D eigenvalue weighted by Crippen LogP contribution is -1.98. The fourth-order valence-corrected chi connectivity index (χ4v) is 3.97. The molecule has 144 valence electrons. The van der Waals surface area contributed by atoms with Crippen molar-refractivity contribution in [3.05, 3.63) is 82.6 Å². The zero-order chi connectivity index (χ0) is 19.8. The molecule has 5 heteroatoms. The van der Waals surface area contributed by atoms with E-state index in [4.69, 9.17) is 15.1 Å². The minimum atomic E-state index is 0.760. The van der Waals surface area contributed by atoms with E-state index >= 15 is 0 Å². The molecule has 4 heterocycles. The molecule has 0 spiro atoms. The van der Waals surface area contributed by atoms with Crippen LogP contribution in [0.2, 0.25) is 0 Å². The summed E-state index contributed by atoms with van der Waals surface area (Å²) in [4.78, 5) is 13.9. The summed E-state index contributed by atoms with van der Waals surface area (Å²) >= 11 is 0. The van der Waals surface area contributed by atoms with E-state index in [1.807, 2.05) is 35.0 Å². The summed E-state index contributed by atoms with van der Waals surface area (Å²) in [5.74, 6) is 0.851. The van der Waals surface area contributed by atoms with Crippen molar-refractivity contribution in [3.63, 3.8) is 0 Å². The minimum Gasteiger partial charge on any atom is -0.255 e. The number of rotatable bonds is 4. The Morgan fingerprint density at radius 2 is 1.93 bits per heavy atom. The van der Waals surface area contributed by atoms with Crippen LogP contribution in [0, 0.1) is 0 Å². The van der Waals surface area contributed by atoms with Crippen molar-refractivity contribution in [1.29, 1.82) is 0 Å². The first-order valence-electron chi connectivity index (χ1n) is 10.2. The third-order valence-electron chi connectivity index (χ3n) is 5.69. The monoisotopic (exact) mass is 381 g/mol. The van der Waals surface area contributed by atoms with Gasteiger partial charge in [-0.25, -0.2) is 9.50 Å². The molecule has 0 atom stereocenters. The van der Waals surface area contributed by atoms with Gasteiger partial charge in [-0.1, -0.05) is 30.2 Å². The summed E-state index contributed by atoms with van der Waals surface area (Å²) in [6, 6.07) is 10.2. The van der Waals surface area contributed by atoms with Gasteiger partial charge in [0.15, 0.2) is 11.5 Å². The molecule has 0 saturated heterocycles. The molecule has 0 fully saturated rings. The predicted molar refractivity (Wildman–Crippen MR) is 116 cm³/mol. The molecule has 0 bridgehead atoms. The highest BCUT2D eigenvalue weighted by molar-refractivity contribution is 5.73. The maximum absolute atomic E-state index is 4.86. The largest absolute Gasteiger partial charge is 0.255 e. The van der Waals surface area contributed by atoms with Gasteiger partial charge < -0.3 is 0 Å². The fourth-order valence-electron chi connectivity index (χ4n) is 3.97. The molecule has 0 N–H and O–H groups in total. The first-order chi connectivity index (χ1) is 14.2. The van der Waals surface area contributed by atoms with Crippen molar-refractivity contribution in [2.24, 2.45) is 0 Å². The van der Waals surface area contributed by atoms with Crippen LogP contribution >= 0.6 is 0 Å². The second-order valence-corrected chi connectivity index (χ2v) is 7.55. The first kappa shape index (κ1) is 17.7. The Morgan fingerprint density at radius 3 is 2.83 bits per heavy atom. The van der Waals surface area contributed by atoms with Crippen molar-refractivity contribution in [3.8, 4) is 0 Å².